The molecule has 32 heavy (non-hydrogen) atoms. The Morgan fingerprint density at radius 3 is 1.50 bits per heavy atom. The second-order valence-corrected chi connectivity index (χ2v) is 8.21. The Balaban J connectivity index is 1.51. The van der Waals surface area contributed by atoms with Crippen LogP contribution >= 0.6 is 0 Å². The zero-order chi connectivity index (χ0) is 22.2. The number of rotatable bonds is 4. The molecular weight excluding hydrogens is 396 g/mol. The summed E-state index contributed by atoms with van der Waals surface area (Å²) in [5, 5.41) is 0.596. The number of para-hydroxylation sites is 2. The third-order valence-corrected chi connectivity index (χ3v) is 6.49. The van der Waals surface area contributed by atoms with E-state index in [0.29, 0.717) is 10.4 Å². The van der Waals surface area contributed by atoms with E-state index in [2.05, 4.69) is 72.2 Å². The van der Waals surface area contributed by atoms with Gasteiger partial charge in [-0.2, -0.15) is 0 Å². The van der Waals surface area contributed by atoms with Crippen LogP contribution in [0, 0.1) is 0 Å². The molecule has 2 aliphatic heterocycles. The predicted molar refractivity (Wildman–Crippen MR) is 134 cm³/mol. The van der Waals surface area contributed by atoms with Gasteiger partial charge in [-0.1, -0.05) is 60.7 Å². The lowest BCUT2D eigenvalue weighted by Gasteiger charge is -2.33. The molecule has 0 fully saturated rings. The van der Waals surface area contributed by atoms with E-state index in [4.69, 9.17) is 0 Å². The van der Waals surface area contributed by atoms with Gasteiger partial charge >= 0.3 is 0 Å². The zero-order valence-electron chi connectivity index (χ0n) is 18.4. The van der Waals surface area contributed by atoms with Gasteiger partial charge in [-0.15, -0.1) is 0 Å². The minimum absolute atomic E-state index is 0.104. The van der Waals surface area contributed by atoms with Crippen molar-refractivity contribution in [3.8, 4) is 0 Å². The molecule has 0 bridgehead atoms. The van der Waals surface area contributed by atoms with Crippen molar-refractivity contribution in [3.63, 3.8) is 0 Å². The average Bonchev–Trinajstić information content (AvgIpc) is 2.84. The monoisotopic (exact) mass is 422 g/mol. The van der Waals surface area contributed by atoms with E-state index in [-0.39, 0.29) is 22.9 Å². The molecule has 160 valence electrons. The van der Waals surface area contributed by atoms with E-state index in [1.165, 1.54) is 0 Å². The highest BCUT2D eigenvalue weighted by Crippen LogP contribution is 2.30. The second-order valence-electron chi connectivity index (χ2n) is 8.21. The molecule has 3 aromatic rings. The molecule has 2 atom stereocenters. The quantitative estimate of drug-likeness (QED) is 0.648. The number of likely N-dealkylation sites (N-methyl/N-ethyl adjacent to an activating group) is 2. The van der Waals surface area contributed by atoms with Crippen molar-refractivity contribution in [2.75, 3.05) is 22.9 Å². The lowest BCUT2D eigenvalue weighted by atomic mass is 9.99. The van der Waals surface area contributed by atoms with Crippen LogP contribution < -0.4 is 31.1 Å². The number of nitrogens with zero attached hydrogens (tertiary/aromatic N) is 2. The number of benzene rings is 2. The molecule has 0 aromatic heterocycles. The predicted octanol–water partition coefficient (Wildman–Crippen LogP) is 2.69. The van der Waals surface area contributed by atoms with Crippen LogP contribution in [0.25, 0.3) is 24.3 Å². The molecule has 0 spiro atoms. The summed E-state index contributed by atoms with van der Waals surface area (Å²) < 4.78 is 0. The Bertz CT molecular complexity index is 1290. The summed E-state index contributed by atoms with van der Waals surface area (Å²) in [7, 11) is 0. The lowest BCUT2D eigenvalue weighted by Crippen LogP contribution is -2.65. The van der Waals surface area contributed by atoms with Gasteiger partial charge in [0, 0.05) is 24.5 Å². The summed E-state index contributed by atoms with van der Waals surface area (Å²) in [5.74, 6) is 0. The third-order valence-electron chi connectivity index (χ3n) is 6.49. The minimum atomic E-state index is -0.151. The van der Waals surface area contributed by atoms with Crippen LogP contribution in [-0.2, 0) is 0 Å². The minimum Gasteiger partial charge on any atom is -0.361 e. The highest BCUT2D eigenvalue weighted by atomic mass is 16.1. The number of anilines is 2. The molecule has 0 saturated carbocycles. The van der Waals surface area contributed by atoms with Crippen LogP contribution in [0.2, 0.25) is 0 Å². The first-order valence-corrected chi connectivity index (χ1v) is 11.2. The van der Waals surface area contributed by atoms with E-state index in [9.17, 15) is 9.59 Å². The number of hydrogen-bond donors (Lipinski definition) is 0. The maximum absolute atomic E-state index is 13.0. The maximum Gasteiger partial charge on any atom is 0.200 e. The van der Waals surface area contributed by atoms with Gasteiger partial charge in [0.1, 0.15) is 0 Å². The second kappa shape index (κ2) is 8.12. The fraction of sp³-hybridized carbons (Fsp3) is 0.214. The van der Waals surface area contributed by atoms with Gasteiger partial charge in [-0.25, -0.2) is 0 Å². The molecule has 0 saturated heterocycles. The largest absolute Gasteiger partial charge is 0.361 e. The molecule has 0 amide bonds. The van der Waals surface area contributed by atoms with Crippen LogP contribution in [0.5, 0.6) is 0 Å². The highest BCUT2D eigenvalue weighted by molar-refractivity contribution is 5.76. The first kappa shape index (κ1) is 20.3. The van der Waals surface area contributed by atoms with E-state index in [0.717, 1.165) is 35.6 Å². The van der Waals surface area contributed by atoms with Gasteiger partial charge in [-0.3, -0.25) is 9.59 Å². The summed E-state index contributed by atoms with van der Waals surface area (Å²) >= 11 is 0. The van der Waals surface area contributed by atoms with Crippen molar-refractivity contribution in [1.29, 1.82) is 0 Å². The Kier molecular flexibility index (Phi) is 5.14. The van der Waals surface area contributed by atoms with Crippen LogP contribution in [0.3, 0.4) is 0 Å². The summed E-state index contributed by atoms with van der Waals surface area (Å²) in [5.41, 5.74) is 4.25. The Morgan fingerprint density at radius 2 is 1.09 bits per heavy atom. The Hall–Kier alpha value is -3.66. The van der Waals surface area contributed by atoms with Crippen molar-refractivity contribution in [2.45, 2.75) is 25.9 Å². The van der Waals surface area contributed by atoms with Crippen molar-refractivity contribution in [1.82, 2.24) is 0 Å². The molecule has 0 aliphatic carbocycles. The molecule has 4 heteroatoms. The molecule has 4 nitrogen and oxygen atoms in total. The zero-order valence-corrected chi connectivity index (χ0v) is 18.4. The lowest BCUT2D eigenvalue weighted by molar-refractivity contribution is 0.823. The Labute approximate surface area is 187 Å². The normalized spacial score (nSPS) is 19.1. The Morgan fingerprint density at radius 1 is 0.688 bits per heavy atom. The van der Waals surface area contributed by atoms with Crippen molar-refractivity contribution >= 4 is 35.7 Å². The summed E-state index contributed by atoms with van der Waals surface area (Å²) in [6, 6.07) is 16.2. The molecule has 5 rings (SSSR count). The summed E-state index contributed by atoms with van der Waals surface area (Å²) in [6.07, 6.45) is 11.9. The van der Waals surface area contributed by atoms with Crippen LogP contribution in [0.1, 0.15) is 25.0 Å². The van der Waals surface area contributed by atoms with Gasteiger partial charge in [0.2, 0.25) is 0 Å². The molecule has 3 aromatic carbocycles. The molecule has 2 aliphatic rings. The fourth-order valence-electron chi connectivity index (χ4n) is 4.85. The van der Waals surface area contributed by atoms with Crippen molar-refractivity contribution in [3.05, 3.63) is 103 Å². The summed E-state index contributed by atoms with van der Waals surface area (Å²) in [6.45, 7) is 5.75. The van der Waals surface area contributed by atoms with Gasteiger partial charge in [-0.05, 0) is 49.3 Å². The van der Waals surface area contributed by atoms with E-state index >= 15 is 0 Å². The van der Waals surface area contributed by atoms with Crippen LogP contribution in [0.4, 0.5) is 11.4 Å². The third kappa shape index (κ3) is 3.23. The van der Waals surface area contributed by atoms with E-state index < -0.39 is 0 Å². The van der Waals surface area contributed by atoms with Gasteiger partial charge in [0.05, 0.1) is 22.5 Å². The fourth-order valence-corrected chi connectivity index (χ4v) is 4.85. The smallest absolute Gasteiger partial charge is 0.200 e. The summed E-state index contributed by atoms with van der Waals surface area (Å²) in [4.78, 5) is 30.3. The number of fused-ring (bicyclic) bond motifs is 2. The first-order valence-electron chi connectivity index (χ1n) is 11.2. The first-order chi connectivity index (χ1) is 15.6. The maximum atomic E-state index is 13.0. The molecule has 2 heterocycles. The van der Waals surface area contributed by atoms with Crippen molar-refractivity contribution < 1.29 is 0 Å². The van der Waals surface area contributed by atoms with Gasteiger partial charge in [0.25, 0.3) is 0 Å². The number of hydrogen-bond acceptors (Lipinski definition) is 4. The van der Waals surface area contributed by atoms with Crippen molar-refractivity contribution in [2.24, 2.45) is 0 Å². The van der Waals surface area contributed by atoms with E-state index in [1.54, 1.807) is 0 Å². The average molecular weight is 423 g/mol. The van der Waals surface area contributed by atoms with E-state index in [1.807, 2.05) is 36.4 Å². The molecule has 0 N–H and O–H groups in total. The van der Waals surface area contributed by atoms with Crippen LogP contribution in [-0.4, -0.2) is 25.2 Å². The molecular formula is C28H26N2O2. The molecule has 2 unspecified atom stereocenters. The SMILES string of the molecule is CCN1c2ccccc2C=CC1C=c1c(=O)c(=CC2C=Cc3ccccc3N2CC)c1=O. The van der Waals surface area contributed by atoms with Gasteiger partial charge in [0.15, 0.2) is 10.9 Å². The molecule has 0 radical (unpaired) electrons. The standard InChI is InChI=1S/C28H26N2O2/c1-3-29-21(15-13-19-9-5-7-11-25(19)29)17-23-27(31)24(28(23)32)18-22-16-14-20-10-6-8-12-26(20)30(22)4-2/h5-18,21-22H,3-4H2,1-2H3. The van der Waals surface area contributed by atoms with Gasteiger partial charge < -0.3 is 9.80 Å². The highest BCUT2D eigenvalue weighted by Gasteiger charge is 2.23. The van der Waals surface area contributed by atoms with Crippen LogP contribution in [0.15, 0.2) is 70.3 Å². The topological polar surface area (TPSA) is 40.6 Å².